The lowest BCUT2D eigenvalue weighted by Gasteiger charge is -2.22. The molecule has 162 valence electrons. The van der Waals surface area contributed by atoms with Crippen molar-refractivity contribution in [3.63, 3.8) is 0 Å². The molecule has 1 heterocycles. The van der Waals surface area contributed by atoms with Gasteiger partial charge in [-0.1, -0.05) is 50.6 Å². The standard InChI is InChI=1S/C22H33NO4S2/c1-15(2)6-4-11-22(3,27)12-5-7-16-8-9-19(24)17(16)10-13-28-21-23-18(14-29-21)20(25)26/h5,7,14-17,27H,4,6,8-13H2,1-3H3,(H,25,26)/b7-5+/t16-,17-,22?/m1/s1. The van der Waals surface area contributed by atoms with Crippen molar-refractivity contribution in [2.45, 2.75) is 75.7 Å². The summed E-state index contributed by atoms with van der Waals surface area (Å²) >= 11 is 2.85. The average molecular weight is 440 g/mol. The monoisotopic (exact) mass is 439 g/mol. The first-order valence-electron chi connectivity index (χ1n) is 10.4. The molecule has 29 heavy (non-hydrogen) atoms. The van der Waals surface area contributed by atoms with Crippen molar-refractivity contribution in [1.29, 1.82) is 0 Å². The predicted octanol–water partition coefficient (Wildman–Crippen LogP) is 5.44. The zero-order chi connectivity index (χ0) is 21.4. The lowest BCUT2D eigenvalue weighted by atomic mass is 9.90. The molecule has 0 spiro atoms. The molecule has 3 atom stereocenters. The summed E-state index contributed by atoms with van der Waals surface area (Å²) in [5.41, 5.74) is -0.609. The molecule has 1 unspecified atom stereocenters. The van der Waals surface area contributed by atoms with Crippen molar-refractivity contribution in [2.24, 2.45) is 17.8 Å². The quantitative estimate of drug-likeness (QED) is 0.333. The number of carbonyl (C=O) groups is 2. The molecule has 1 fully saturated rings. The molecule has 0 bridgehead atoms. The number of ketones is 1. The molecule has 0 aliphatic heterocycles. The number of carboxylic acids is 1. The highest BCUT2D eigenvalue weighted by atomic mass is 32.2. The zero-order valence-corrected chi connectivity index (χ0v) is 19.2. The van der Waals surface area contributed by atoms with Crippen molar-refractivity contribution in [1.82, 2.24) is 4.98 Å². The Kier molecular flexibility index (Phi) is 9.37. The van der Waals surface area contributed by atoms with E-state index in [1.807, 2.05) is 6.92 Å². The number of rotatable bonds is 12. The van der Waals surface area contributed by atoms with E-state index in [1.54, 1.807) is 5.38 Å². The van der Waals surface area contributed by atoms with Gasteiger partial charge in [-0.25, -0.2) is 9.78 Å². The topological polar surface area (TPSA) is 87.5 Å². The number of aromatic carboxylic acids is 1. The molecule has 1 aromatic rings. The van der Waals surface area contributed by atoms with Crippen LogP contribution in [0.5, 0.6) is 0 Å². The van der Waals surface area contributed by atoms with E-state index in [2.05, 4.69) is 31.0 Å². The molecule has 1 aliphatic rings. The number of carbonyl (C=O) groups excluding carboxylic acids is 1. The van der Waals surface area contributed by atoms with Crippen LogP contribution in [0.1, 0.15) is 76.2 Å². The van der Waals surface area contributed by atoms with Crippen molar-refractivity contribution >= 4 is 34.9 Å². The molecule has 1 aromatic heterocycles. The zero-order valence-electron chi connectivity index (χ0n) is 17.6. The molecule has 5 nitrogen and oxygen atoms in total. The number of allylic oxidation sites excluding steroid dienone is 1. The minimum Gasteiger partial charge on any atom is -0.476 e. The third-order valence-electron chi connectivity index (χ3n) is 5.45. The number of aromatic nitrogens is 1. The van der Waals surface area contributed by atoms with Crippen molar-refractivity contribution in [2.75, 3.05) is 5.75 Å². The summed E-state index contributed by atoms with van der Waals surface area (Å²) in [4.78, 5) is 27.3. The summed E-state index contributed by atoms with van der Waals surface area (Å²) in [7, 11) is 0. The Morgan fingerprint density at radius 3 is 2.90 bits per heavy atom. The van der Waals surface area contributed by atoms with Gasteiger partial charge in [0.05, 0.1) is 5.60 Å². The van der Waals surface area contributed by atoms with Gasteiger partial charge in [0.1, 0.15) is 5.78 Å². The van der Waals surface area contributed by atoms with Gasteiger partial charge >= 0.3 is 5.97 Å². The molecule has 0 radical (unpaired) electrons. The van der Waals surface area contributed by atoms with Crippen LogP contribution < -0.4 is 0 Å². The molecule has 1 saturated carbocycles. The van der Waals surface area contributed by atoms with Crippen molar-refractivity contribution in [3.05, 3.63) is 23.2 Å². The molecular weight excluding hydrogens is 406 g/mol. The maximum absolute atomic E-state index is 12.3. The largest absolute Gasteiger partial charge is 0.476 e. The van der Waals surface area contributed by atoms with Crippen LogP contribution in [0.25, 0.3) is 0 Å². The summed E-state index contributed by atoms with van der Waals surface area (Å²) in [6.45, 7) is 6.29. The lowest BCUT2D eigenvalue weighted by molar-refractivity contribution is -0.121. The van der Waals surface area contributed by atoms with E-state index in [9.17, 15) is 14.7 Å². The molecule has 1 aliphatic carbocycles. The Morgan fingerprint density at radius 2 is 2.24 bits per heavy atom. The Bertz CT molecular complexity index is 711. The number of hydrogen-bond acceptors (Lipinski definition) is 6. The fourth-order valence-corrected chi connectivity index (χ4v) is 5.62. The van der Waals surface area contributed by atoms with Crippen LogP contribution in [0.2, 0.25) is 0 Å². The maximum Gasteiger partial charge on any atom is 0.355 e. The van der Waals surface area contributed by atoms with Crippen LogP contribution >= 0.6 is 23.1 Å². The van der Waals surface area contributed by atoms with E-state index in [0.29, 0.717) is 24.5 Å². The number of hydrogen-bond donors (Lipinski definition) is 2. The third-order valence-corrected chi connectivity index (χ3v) is 7.50. The van der Waals surface area contributed by atoms with Crippen LogP contribution in [0.4, 0.5) is 0 Å². The van der Waals surface area contributed by atoms with Gasteiger partial charge in [-0.3, -0.25) is 4.79 Å². The van der Waals surface area contributed by atoms with Gasteiger partial charge in [0.2, 0.25) is 0 Å². The molecule has 0 saturated heterocycles. The minimum atomic E-state index is -1.01. The van der Waals surface area contributed by atoms with E-state index in [4.69, 9.17) is 5.11 Å². The summed E-state index contributed by atoms with van der Waals surface area (Å²) in [5.74, 6) is 0.965. The lowest BCUT2D eigenvalue weighted by Crippen LogP contribution is -2.23. The summed E-state index contributed by atoms with van der Waals surface area (Å²) < 4.78 is 0.734. The fraction of sp³-hybridized carbons (Fsp3) is 0.682. The second kappa shape index (κ2) is 11.3. The first-order chi connectivity index (χ1) is 13.7. The number of thiazole rings is 1. The number of nitrogens with zero attached hydrogens (tertiary/aromatic N) is 1. The van der Waals surface area contributed by atoms with E-state index >= 15 is 0 Å². The van der Waals surface area contributed by atoms with E-state index in [-0.39, 0.29) is 17.5 Å². The Hall–Kier alpha value is -1.18. The van der Waals surface area contributed by atoms with Crippen LogP contribution in [0.15, 0.2) is 21.9 Å². The summed E-state index contributed by atoms with van der Waals surface area (Å²) in [6.07, 6.45) is 10.0. The Labute approximate surface area is 182 Å². The van der Waals surface area contributed by atoms with Gasteiger partial charge < -0.3 is 10.2 Å². The molecular formula is C22H33NO4S2. The van der Waals surface area contributed by atoms with Gasteiger partial charge in [0, 0.05) is 23.5 Å². The van der Waals surface area contributed by atoms with Crippen molar-refractivity contribution < 1.29 is 19.8 Å². The average Bonchev–Trinajstić information content (AvgIpc) is 3.23. The Balaban J connectivity index is 1.79. The van der Waals surface area contributed by atoms with Gasteiger partial charge in [0.15, 0.2) is 10.0 Å². The molecule has 2 N–H and O–H groups in total. The van der Waals surface area contributed by atoms with E-state index < -0.39 is 11.6 Å². The fourth-order valence-electron chi connectivity index (χ4n) is 3.72. The maximum atomic E-state index is 12.3. The number of thioether (sulfide) groups is 1. The molecule has 2 rings (SSSR count). The van der Waals surface area contributed by atoms with Crippen LogP contribution in [0, 0.1) is 17.8 Å². The second-order valence-corrected chi connectivity index (χ2v) is 10.8. The SMILES string of the molecule is CC(C)CCCC(C)(O)C/C=C/[C@@H]1CCC(=O)[C@@H]1CCSc1nc(C(=O)O)cs1. The van der Waals surface area contributed by atoms with Crippen LogP contribution in [-0.2, 0) is 4.79 Å². The normalized spacial score (nSPS) is 21.9. The van der Waals surface area contributed by atoms with E-state index in [1.165, 1.54) is 23.1 Å². The first kappa shape index (κ1) is 24.1. The molecule has 0 aromatic carbocycles. The highest BCUT2D eigenvalue weighted by molar-refractivity contribution is 8.01. The predicted molar refractivity (Wildman–Crippen MR) is 119 cm³/mol. The van der Waals surface area contributed by atoms with Gasteiger partial charge in [0.25, 0.3) is 0 Å². The number of aliphatic hydroxyl groups is 1. The van der Waals surface area contributed by atoms with Gasteiger partial charge in [-0.2, -0.15) is 0 Å². The number of carboxylic acid groups (broad SMARTS) is 1. The highest BCUT2D eigenvalue weighted by Gasteiger charge is 2.32. The second-order valence-electron chi connectivity index (χ2n) is 8.63. The van der Waals surface area contributed by atoms with Crippen molar-refractivity contribution in [3.8, 4) is 0 Å². The summed E-state index contributed by atoms with van der Waals surface area (Å²) in [6, 6.07) is 0. The smallest absolute Gasteiger partial charge is 0.355 e. The third kappa shape index (κ3) is 8.22. The first-order valence-corrected chi connectivity index (χ1v) is 12.3. The molecule has 7 heteroatoms. The Morgan fingerprint density at radius 1 is 1.48 bits per heavy atom. The highest BCUT2D eigenvalue weighted by Crippen LogP contribution is 2.35. The number of Topliss-reactive ketones (excluding diaryl/α,β-unsaturated/α-hetero) is 1. The summed E-state index contributed by atoms with van der Waals surface area (Å²) in [5, 5.41) is 21.0. The van der Waals surface area contributed by atoms with Crippen LogP contribution in [0.3, 0.4) is 0 Å². The van der Waals surface area contributed by atoms with Gasteiger partial charge in [-0.05, 0) is 44.4 Å². The minimum absolute atomic E-state index is 0.0172. The van der Waals surface area contributed by atoms with E-state index in [0.717, 1.165) is 42.2 Å². The van der Waals surface area contributed by atoms with Crippen LogP contribution in [-0.4, -0.2) is 38.3 Å². The molecule has 0 amide bonds. The van der Waals surface area contributed by atoms with Gasteiger partial charge in [-0.15, -0.1) is 11.3 Å².